The highest BCUT2D eigenvalue weighted by Crippen LogP contribution is 2.29. The van der Waals surface area contributed by atoms with Gasteiger partial charge in [-0.05, 0) is 30.2 Å². The molecule has 2 aromatic carbocycles. The molecule has 3 heteroatoms. The Hall–Kier alpha value is -2.00. The SMILES string of the molecule is COc1cc([C@H](C)N)ccc1OCCc1ccccc1. The van der Waals surface area contributed by atoms with Gasteiger partial charge in [0.25, 0.3) is 0 Å². The summed E-state index contributed by atoms with van der Waals surface area (Å²) < 4.78 is 11.2. The monoisotopic (exact) mass is 271 g/mol. The largest absolute Gasteiger partial charge is 0.493 e. The molecule has 2 rings (SSSR count). The Morgan fingerprint density at radius 2 is 1.80 bits per heavy atom. The Kier molecular flexibility index (Phi) is 5.02. The lowest BCUT2D eigenvalue weighted by molar-refractivity contribution is 0.297. The normalized spacial score (nSPS) is 11.9. The van der Waals surface area contributed by atoms with Crippen molar-refractivity contribution in [3.05, 3.63) is 59.7 Å². The number of nitrogens with two attached hydrogens (primary N) is 1. The highest BCUT2D eigenvalue weighted by atomic mass is 16.5. The topological polar surface area (TPSA) is 44.5 Å². The van der Waals surface area contributed by atoms with Crippen molar-refractivity contribution in [3.8, 4) is 11.5 Å². The summed E-state index contributed by atoms with van der Waals surface area (Å²) in [5.41, 5.74) is 8.17. The molecule has 3 nitrogen and oxygen atoms in total. The predicted octanol–water partition coefficient (Wildman–Crippen LogP) is 3.34. The van der Waals surface area contributed by atoms with Crippen molar-refractivity contribution >= 4 is 0 Å². The fourth-order valence-electron chi connectivity index (χ4n) is 2.01. The van der Waals surface area contributed by atoms with E-state index in [0.29, 0.717) is 6.61 Å². The molecule has 0 spiro atoms. The summed E-state index contributed by atoms with van der Waals surface area (Å²) >= 11 is 0. The molecule has 2 N–H and O–H groups in total. The molecule has 0 unspecified atom stereocenters. The Morgan fingerprint density at radius 3 is 2.45 bits per heavy atom. The summed E-state index contributed by atoms with van der Waals surface area (Å²) in [5, 5.41) is 0. The number of hydrogen-bond donors (Lipinski definition) is 1. The van der Waals surface area contributed by atoms with Gasteiger partial charge < -0.3 is 15.2 Å². The predicted molar refractivity (Wildman–Crippen MR) is 81.2 cm³/mol. The molecule has 0 bridgehead atoms. The van der Waals surface area contributed by atoms with Crippen molar-refractivity contribution in [2.75, 3.05) is 13.7 Å². The third-order valence-electron chi connectivity index (χ3n) is 3.20. The molecule has 0 heterocycles. The molecular formula is C17H21NO2. The first-order valence-corrected chi connectivity index (χ1v) is 6.81. The van der Waals surface area contributed by atoms with Gasteiger partial charge in [0.1, 0.15) is 0 Å². The quantitative estimate of drug-likeness (QED) is 0.876. The molecule has 0 radical (unpaired) electrons. The summed E-state index contributed by atoms with van der Waals surface area (Å²) in [7, 11) is 1.64. The van der Waals surface area contributed by atoms with Crippen LogP contribution in [0.4, 0.5) is 0 Å². The molecule has 106 valence electrons. The van der Waals surface area contributed by atoms with E-state index in [4.69, 9.17) is 15.2 Å². The van der Waals surface area contributed by atoms with Crippen molar-refractivity contribution < 1.29 is 9.47 Å². The van der Waals surface area contributed by atoms with Crippen LogP contribution in [0.5, 0.6) is 11.5 Å². The molecule has 0 saturated heterocycles. The van der Waals surface area contributed by atoms with E-state index in [0.717, 1.165) is 23.5 Å². The van der Waals surface area contributed by atoms with Crippen molar-refractivity contribution in [2.24, 2.45) is 5.73 Å². The minimum atomic E-state index is -0.0118. The number of hydrogen-bond acceptors (Lipinski definition) is 3. The standard InChI is InChI=1S/C17H21NO2/c1-13(18)15-8-9-16(17(12-15)19-2)20-11-10-14-6-4-3-5-7-14/h3-9,12-13H,10-11,18H2,1-2H3/t13-/m0/s1. The van der Waals surface area contributed by atoms with Gasteiger partial charge in [0.05, 0.1) is 13.7 Å². The Morgan fingerprint density at radius 1 is 1.05 bits per heavy atom. The molecule has 0 aliphatic carbocycles. The number of ether oxygens (including phenoxy) is 2. The molecule has 0 aliphatic heterocycles. The van der Waals surface area contributed by atoms with Gasteiger partial charge in [0.2, 0.25) is 0 Å². The second-order valence-corrected chi connectivity index (χ2v) is 4.78. The van der Waals surface area contributed by atoms with Crippen LogP contribution in [-0.2, 0) is 6.42 Å². The van der Waals surface area contributed by atoms with Gasteiger partial charge in [0.15, 0.2) is 11.5 Å². The second-order valence-electron chi connectivity index (χ2n) is 4.78. The van der Waals surface area contributed by atoms with Crippen LogP contribution in [0.3, 0.4) is 0 Å². The first kappa shape index (κ1) is 14.4. The minimum Gasteiger partial charge on any atom is -0.493 e. The fraction of sp³-hybridized carbons (Fsp3) is 0.294. The van der Waals surface area contributed by atoms with E-state index in [2.05, 4.69) is 12.1 Å². The van der Waals surface area contributed by atoms with E-state index in [1.807, 2.05) is 43.3 Å². The maximum absolute atomic E-state index is 5.87. The van der Waals surface area contributed by atoms with Gasteiger partial charge in [-0.2, -0.15) is 0 Å². The van der Waals surface area contributed by atoms with Crippen LogP contribution in [0.2, 0.25) is 0 Å². The van der Waals surface area contributed by atoms with Crippen LogP contribution in [0.15, 0.2) is 48.5 Å². The third-order valence-corrected chi connectivity index (χ3v) is 3.20. The van der Waals surface area contributed by atoms with Gasteiger partial charge in [-0.15, -0.1) is 0 Å². The lowest BCUT2D eigenvalue weighted by atomic mass is 10.1. The molecule has 20 heavy (non-hydrogen) atoms. The van der Waals surface area contributed by atoms with Crippen molar-refractivity contribution in [3.63, 3.8) is 0 Å². The molecule has 0 fully saturated rings. The van der Waals surface area contributed by atoms with E-state index in [1.54, 1.807) is 7.11 Å². The van der Waals surface area contributed by atoms with Crippen LogP contribution in [0, 0.1) is 0 Å². The number of methoxy groups -OCH3 is 1. The molecule has 0 amide bonds. The van der Waals surface area contributed by atoms with Gasteiger partial charge in [-0.3, -0.25) is 0 Å². The molecule has 0 aliphatic rings. The third kappa shape index (κ3) is 3.75. The van der Waals surface area contributed by atoms with Crippen LogP contribution in [0.1, 0.15) is 24.1 Å². The van der Waals surface area contributed by atoms with Gasteiger partial charge in [-0.1, -0.05) is 36.4 Å². The molecule has 2 aromatic rings. The van der Waals surface area contributed by atoms with Crippen molar-refractivity contribution in [1.82, 2.24) is 0 Å². The van der Waals surface area contributed by atoms with Crippen LogP contribution in [0.25, 0.3) is 0 Å². The zero-order valence-electron chi connectivity index (χ0n) is 12.0. The second kappa shape index (κ2) is 6.96. The van der Waals surface area contributed by atoms with Gasteiger partial charge in [-0.25, -0.2) is 0 Å². The smallest absolute Gasteiger partial charge is 0.161 e. The lowest BCUT2D eigenvalue weighted by Crippen LogP contribution is -2.06. The maximum atomic E-state index is 5.87. The Labute approximate surface area is 120 Å². The molecule has 0 aromatic heterocycles. The van der Waals surface area contributed by atoms with Crippen LogP contribution >= 0.6 is 0 Å². The number of benzene rings is 2. The minimum absolute atomic E-state index is 0.0118. The Bertz CT molecular complexity index is 538. The van der Waals surface area contributed by atoms with Crippen LogP contribution < -0.4 is 15.2 Å². The van der Waals surface area contributed by atoms with Crippen molar-refractivity contribution in [2.45, 2.75) is 19.4 Å². The summed E-state index contributed by atoms with van der Waals surface area (Å²) in [6.07, 6.45) is 0.874. The summed E-state index contributed by atoms with van der Waals surface area (Å²) in [6.45, 7) is 2.57. The average Bonchev–Trinajstić information content (AvgIpc) is 2.48. The van der Waals surface area contributed by atoms with Gasteiger partial charge in [0, 0.05) is 12.5 Å². The fourth-order valence-corrected chi connectivity index (χ4v) is 2.01. The first-order valence-electron chi connectivity index (χ1n) is 6.81. The molecular weight excluding hydrogens is 250 g/mol. The average molecular weight is 271 g/mol. The van der Waals surface area contributed by atoms with E-state index in [9.17, 15) is 0 Å². The lowest BCUT2D eigenvalue weighted by Gasteiger charge is -2.13. The number of rotatable bonds is 6. The summed E-state index contributed by atoms with van der Waals surface area (Å²) in [4.78, 5) is 0. The molecule has 0 saturated carbocycles. The zero-order valence-corrected chi connectivity index (χ0v) is 12.0. The van der Waals surface area contributed by atoms with E-state index >= 15 is 0 Å². The van der Waals surface area contributed by atoms with E-state index < -0.39 is 0 Å². The molecule has 1 atom stereocenters. The summed E-state index contributed by atoms with van der Waals surface area (Å²) in [6, 6.07) is 16.1. The van der Waals surface area contributed by atoms with E-state index in [1.165, 1.54) is 5.56 Å². The van der Waals surface area contributed by atoms with Gasteiger partial charge >= 0.3 is 0 Å². The zero-order chi connectivity index (χ0) is 14.4. The highest BCUT2D eigenvalue weighted by molar-refractivity contribution is 5.43. The maximum Gasteiger partial charge on any atom is 0.161 e. The highest BCUT2D eigenvalue weighted by Gasteiger charge is 2.08. The van der Waals surface area contributed by atoms with Crippen LogP contribution in [-0.4, -0.2) is 13.7 Å². The first-order chi connectivity index (χ1) is 9.70. The Balaban J connectivity index is 1.99. The summed E-state index contributed by atoms with van der Waals surface area (Å²) in [5.74, 6) is 1.49. The van der Waals surface area contributed by atoms with Crippen molar-refractivity contribution in [1.29, 1.82) is 0 Å². The van der Waals surface area contributed by atoms with E-state index in [-0.39, 0.29) is 6.04 Å².